The molecule has 0 bridgehead atoms. The molecule has 0 saturated heterocycles. The number of rotatable bonds is 2. The summed E-state index contributed by atoms with van der Waals surface area (Å²) in [7, 11) is 0. The van der Waals surface area contributed by atoms with E-state index in [2.05, 4.69) is 67.5 Å². The first kappa shape index (κ1) is 21.3. The molecule has 2 nitrogen and oxygen atoms in total. The summed E-state index contributed by atoms with van der Waals surface area (Å²) in [4.78, 5) is 0. The van der Waals surface area contributed by atoms with Gasteiger partial charge in [0.05, 0.1) is 0 Å². The van der Waals surface area contributed by atoms with Gasteiger partial charge in [0.2, 0.25) is 0 Å². The van der Waals surface area contributed by atoms with Gasteiger partial charge in [0, 0.05) is 17.5 Å². The summed E-state index contributed by atoms with van der Waals surface area (Å²) in [6.07, 6.45) is 0.533. The van der Waals surface area contributed by atoms with Crippen molar-refractivity contribution in [2.24, 2.45) is 0 Å². The molecule has 2 aromatic rings. The van der Waals surface area contributed by atoms with E-state index in [4.69, 9.17) is 0 Å². The molecule has 0 spiro atoms. The van der Waals surface area contributed by atoms with Crippen molar-refractivity contribution in [1.29, 1.82) is 0 Å². The van der Waals surface area contributed by atoms with Crippen LogP contribution in [-0.4, -0.2) is 10.2 Å². The van der Waals surface area contributed by atoms with Crippen molar-refractivity contribution < 1.29 is 10.2 Å². The van der Waals surface area contributed by atoms with Crippen LogP contribution in [0.25, 0.3) is 0 Å². The largest absolute Gasteiger partial charge is 0.507 e. The summed E-state index contributed by atoms with van der Waals surface area (Å²) in [6.45, 7) is 21.3. The van der Waals surface area contributed by atoms with Crippen LogP contribution < -0.4 is 0 Å². The van der Waals surface area contributed by atoms with E-state index in [-0.39, 0.29) is 10.8 Å². The van der Waals surface area contributed by atoms with Gasteiger partial charge in [-0.25, -0.2) is 0 Å². The molecule has 2 aromatic carbocycles. The van der Waals surface area contributed by atoms with Crippen molar-refractivity contribution in [2.75, 3.05) is 0 Å². The quantitative estimate of drug-likeness (QED) is 0.633. The van der Waals surface area contributed by atoms with Gasteiger partial charge < -0.3 is 10.2 Å². The van der Waals surface area contributed by atoms with Crippen LogP contribution in [0.3, 0.4) is 0 Å². The van der Waals surface area contributed by atoms with Crippen LogP contribution in [-0.2, 0) is 17.3 Å². The van der Waals surface area contributed by atoms with Gasteiger partial charge in [0.1, 0.15) is 11.5 Å². The summed E-state index contributed by atoms with van der Waals surface area (Å²) in [5.41, 5.74) is 8.33. The SMILES string of the molecule is Cc1cc(C(C)(C)C)c(C)c(Cc2c(C)c(C(C)(C)C)cc(C)c2O)c1O. The number of hydrogen-bond acceptors (Lipinski definition) is 2. The van der Waals surface area contributed by atoms with Gasteiger partial charge in [-0.2, -0.15) is 0 Å². The zero-order valence-electron chi connectivity index (χ0n) is 18.8. The molecule has 148 valence electrons. The van der Waals surface area contributed by atoms with Crippen LogP contribution in [0.4, 0.5) is 0 Å². The van der Waals surface area contributed by atoms with E-state index in [0.717, 1.165) is 33.4 Å². The topological polar surface area (TPSA) is 40.5 Å². The lowest BCUT2D eigenvalue weighted by molar-refractivity contribution is 0.455. The van der Waals surface area contributed by atoms with Gasteiger partial charge in [-0.15, -0.1) is 0 Å². The van der Waals surface area contributed by atoms with E-state index in [0.29, 0.717) is 17.9 Å². The first-order chi connectivity index (χ1) is 12.2. The lowest BCUT2D eigenvalue weighted by atomic mass is 9.78. The second kappa shape index (κ2) is 6.89. The highest BCUT2D eigenvalue weighted by Gasteiger charge is 2.25. The van der Waals surface area contributed by atoms with Crippen LogP contribution in [0.2, 0.25) is 0 Å². The van der Waals surface area contributed by atoms with E-state index in [1.807, 2.05) is 13.8 Å². The van der Waals surface area contributed by atoms with Crippen LogP contribution in [0, 0.1) is 27.7 Å². The highest BCUT2D eigenvalue weighted by molar-refractivity contribution is 5.57. The molecule has 2 heteroatoms. The Kier molecular flexibility index (Phi) is 5.45. The Morgan fingerprint density at radius 1 is 0.630 bits per heavy atom. The van der Waals surface area contributed by atoms with Crippen molar-refractivity contribution in [3.8, 4) is 11.5 Å². The second-order valence-corrected chi connectivity index (χ2v) is 10.1. The first-order valence-corrected chi connectivity index (χ1v) is 9.81. The lowest BCUT2D eigenvalue weighted by Crippen LogP contribution is -2.17. The summed E-state index contributed by atoms with van der Waals surface area (Å²) < 4.78 is 0. The average Bonchev–Trinajstić information content (AvgIpc) is 2.51. The van der Waals surface area contributed by atoms with E-state index in [9.17, 15) is 10.2 Å². The number of benzene rings is 2. The predicted molar refractivity (Wildman–Crippen MR) is 115 cm³/mol. The molecule has 0 aromatic heterocycles. The molecule has 0 aliphatic heterocycles. The van der Waals surface area contributed by atoms with Gasteiger partial charge >= 0.3 is 0 Å². The number of hydrogen-bond donors (Lipinski definition) is 2. The van der Waals surface area contributed by atoms with E-state index in [1.165, 1.54) is 11.1 Å². The van der Waals surface area contributed by atoms with E-state index >= 15 is 0 Å². The summed E-state index contributed by atoms with van der Waals surface area (Å²) >= 11 is 0. The first-order valence-electron chi connectivity index (χ1n) is 9.81. The molecule has 0 radical (unpaired) electrons. The molecule has 0 fully saturated rings. The van der Waals surface area contributed by atoms with Gasteiger partial charge in [-0.3, -0.25) is 0 Å². The van der Waals surface area contributed by atoms with Crippen LogP contribution in [0.5, 0.6) is 11.5 Å². The number of phenolic OH excluding ortho intramolecular Hbond substituents is 2. The number of aryl methyl sites for hydroxylation is 2. The summed E-state index contributed by atoms with van der Waals surface area (Å²) in [5, 5.41) is 21.7. The number of phenols is 2. The van der Waals surface area contributed by atoms with Crippen LogP contribution in [0.15, 0.2) is 12.1 Å². The normalized spacial score (nSPS) is 12.5. The smallest absolute Gasteiger partial charge is 0.122 e. The Hall–Kier alpha value is -1.96. The Morgan fingerprint density at radius 3 is 1.19 bits per heavy atom. The summed E-state index contributed by atoms with van der Waals surface area (Å²) in [6, 6.07) is 4.19. The molecule has 0 aliphatic rings. The molecule has 2 rings (SSSR count). The fourth-order valence-corrected chi connectivity index (χ4v) is 4.11. The minimum atomic E-state index is -0.00242. The standard InChI is InChI=1S/C25H36O2/c1-14-11-20(24(5,6)7)16(3)18(22(14)26)13-19-17(4)21(25(8,9)10)12-15(2)23(19)27/h11-12,26-27H,13H2,1-10H3. The van der Waals surface area contributed by atoms with Crippen LogP contribution >= 0.6 is 0 Å². The molecular formula is C25H36O2. The lowest BCUT2D eigenvalue weighted by Gasteiger charge is -2.28. The predicted octanol–water partition coefficient (Wildman–Crippen LogP) is 6.52. The molecule has 0 saturated carbocycles. The molecule has 0 atom stereocenters. The van der Waals surface area contributed by atoms with Crippen molar-refractivity contribution >= 4 is 0 Å². The molecule has 27 heavy (non-hydrogen) atoms. The van der Waals surface area contributed by atoms with Crippen molar-refractivity contribution in [2.45, 2.75) is 86.5 Å². The maximum atomic E-state index is 10.8. The number of aromatic hydroxyl groups is 2. The fraction of sp³-hybridized carbons (Fsp3) is 0.520. The van der Waals surface area contributed by atoms with Crippen LogP contribution in [0.1, 0.15) is 86.1 Å². The van der Waals surface area contributed by atoms with Gasteiger partial charge in [0.25, 0.3) is 0 Å². The summed E-state index contributed by atoms with van der Waals surface area (Å²) in [5.74, 6) is 0.691. The Morgan fingerprint density at radius 2 is 0.926 bits per heavy atom. The molecule has 0 heterocycles. The van der Waals surface area contributed by atoms with E-state index < -0.39 is 0 Å². The Labute approximate surface area is 165 Å². The molecule has 2 N–H and O–H groups in total. The Balaban J connectivity index is 2.75. The second-order valence-electron chi connectivity index (χ2n) is 10.1. The minimum Gasteiger partial charge on any atom is -0.507 e. The highest BCUT2D eigenvalue weighted by atomic mass is 16.3. The molecular weight excluding hydrogens is 332 g/mol. The third-order valence-electron chi connectivity index (χ3n) is 5.72. The van der Waals surface area contributed by atoms with Crippen molar-refractivity contribution in [3.05, 3.63) is 56.6 Å². The Bertz CT molecular complexity index is 802. The van der Waals surface area contributed by atoms with Gasteiger partial charge in [-0.05, 0) is 71.9 Å². The van der Waals surface area contributed by atoms with Crippen molar-refractivity contribution in [3.63, 3.8) is 0 Å². The zero-order valence-corrected chi connectivity index (χ0v) is 18.8. The van der Waals surface area contributed by atoms with Crippen molar-refractivity contribution in [1.82, 2.24) is 0 Å². The molecule has 0 aliphatic carbocycles. The maximum absolute atomic E-state index is 10.8. The monoisotopic (exact) mass is 368 g/mol. The molecule has 0 amide bonds. The average molecular weight is 369 g/mol. The molecule has 0 unspecified atom stereocenters. The zero-order chi connectivity index (χ0) is 20.9. The van der Waals surface area contributed by atoms with E-state index in [1.54, 1.807) is 0 Å². The highest BCUT2D eigenvalue weighted by Crippen LogP contribution is 2.40. The van der Waals surface area contributed by atoms with Gasteiger partial charge in [0.15, 0.2) is 0 Å². The maximum Gasteiger partial charge on any atom is 0.122 e. The third kappa shape index (κ3) is 4.00. The minimum absolute atomic E-state index is 0.00242. The fourth-order valence-electron chi connectivity index (χ4n) is 4.11. The van der Waals surface area contributed by atoms with Gasteiger partial charge in [-0.1, -0.05) is 53.7 Å². The third-order valence-corrected chi connectivity index (χ3v) is 5.72.